The van der Waals surface area contributed by atoms with Gasteiger partial charge in [0.2, 0.25) is 0 Å². The Bertz CT molecular complexity index is 364. The van der Waals surface area contributed by atoms with Crippen molar-refractivity contribution in [3.05, 3.63) is 0 Å². The summed E-state index contributed by atoms with van der Waals surface area (Å²) in [5.74, 6) is -1.20. The zero-order valence-electron chi connectivity index (χ0n) is 8.42. The van der Waals surface area contributed by atoms with Crippen LogP contribution in [0.15, 0.2) is 0 Å². The van der Waals surface area contributed by atoms with Crippen LogP contribution in [0.4, 0.5) is 0 Å². The van der Waals surface area contributed by atoms with Crippen molar-refractivity contribution in [3.8, 4) is 0 Å². The van der Waals surface area contributed by atoms with Gasteiger partial charge in [-0.1, -0.05) is 6.42 Å². The molecule has 15 heavy (non-hydrogen) atoms. The Morgan fingerprint density at radius 1 is 1.27 bits per heavy atom. The summed E-state index contributed by atoms with van der Waals surface area (Å²) in [6, 6.07) is -0.296. The van der Waals surface area contributed by atoms with Gasteiger partial charge < -0.3 is 5.11 Å². The van der Waals surface area contributed by atoms with E-state index in [0.717, 1.165) is 19.4 Å². The molecule has 5 nitrogen and oxygen atoms in total. The fourth-order valence-corrected chi connectivity index (χ4v) is 4.40. The second-order valence-corrected chi connectivity index (χ2v) is 6.47. The maximum Gasteiger partial charge on any atom is 0.323 e. The molecule has 2 rings (SSSR count). The second kappa shape index (κ2) is 3.75. The van der Waals surface area contributed by atoms with Gasteiger partial charge in [-0.2, -0.15) is 0 Å². The van der Waals surface area contributed by atoms with E-state index in [4.69, 9.17) is 5.11 Å². The van der Waals surface area contributed by atoms with Crippen LogP contribution >= 0.6 is 0 Å². The third-order valence-corrected chi connectivity index (χ3v) is 5.35. The minimum atomic E-state index is -3.43. The van der Waals surface area contributed by atoms with Gasteiger partial charge in [-0.3, -0.25) is 9.69 Å². The standard InChI is InChI=1S/C9H15NO4S/c11-9(12)8-7-3-1-2-4-10(7)5-6-15(8,13)14/h7-8H,1-6H2,(H,11,12). The molecule has 0 spiro atoms. The molecule has 6 heteroatoms. The first-order valence-electron chi connectivity index (χ1n) is 5.21. The van der Waals surface area contributed by atoms with Crippen LogP contribution in [0.3, 0.4) is 0 Å². The number of fused-ring (bicyclic) bond motifs is 1. The van der Waals surface area contributed by atoms with Crippen LogP contribution in [0.1, 0.15) is 19.3 Å². The number of hydrogen-bond donors (Lipinski definition) is 1. The third kappa shape index (κ3) is 1.88. The fourth-order valence-electron chi connectivity index (χ4n) is 2.57. The van der Waals surface area contributed by atoms with Crippen LogP contribution in [0.5, 0.6) is 0 Å². The summed E-state index contributed by atoms with van der Waals surface area (Å²) in [6.07, 6.45) is 2.67. The van der Waals surface area contributed by atoms with Crippen molar-refractivity contribution in [2.45, 2.75) is 30.6 Å². The summed E-state index contributed by atoms with van der Waals surface area (Å²) in [5.41, 5.74) is 0. The van der Waals surface area contributed by atoms with E-state index in [2.05, 4.69) is 0 Å². The molecule has 2 saturated heterocycles. The zero-order chi connectivity index (χ0) is 11.1. The SMILES string of the molecule is O=C(O)C1C2CCCCN2CCS1(=O)=O. The highest BCUT2D eigenvalue weighted by Gasteiger charge is 2.46. The van der Waals surface area contributed by atoms with Gasteiger partial charge in [0.15, 0.2) is 15.1 Å². The molecule has 2 aliphatic rings. The molecule has 1 N–H and O–H groups in total. The molecule has 0 aliphatic carbocycles. The number of hydrogen-bond acceptors (Lipinski definition) is 4. The van der Waals surface area contributed by atoms with Gasteiger partial charge in [-0.15, -0.1) is 0 Å². The van der Waals surface area contributed by atoms with Gasteiger partial charge in [0.25, 0.3) is 0 Å². The van der Waals surface area contributed by atoms with E-state index in [-0.39, 0.29) is 11.8 Å². The Balaban J connectivity index is 2.30. The van der Waals surface area contributed by atoms with E-state index in [1.54, 1.807) is 0 Å². The lowest BCUT2D eigenvalue weighted by atomic mass is 9.99. The Hall–Kier alpha value is -0.620. The first-order valence-corrected chi connectivity index (χ1v) is 6.92. The summed E-state index contributed by atoms with van der Waals surface area (Å²) < 4.78 is 23.3. The first-order chi connectivity index (χ1) is 7.02. The first kappa shape index (κ1) is 10.9. The minimum Gasteiger partial charge on any atom is -0.480 e. The molecule has 0 bridgehead atoms. The van der Waals surface area contributed by atoms with Crippen LogP contribution in [0, 0.1) is 0 Å². The molecule has 0 radical (unpaired) electrons. The van der Waals surface area contributed by atoms with Crippen molar-refractivity contribution >= 4 is 15.8 Å². The fraction of sp³-hybridized carbons (Fsp3) is 0.889. The Labute approximate surface area is 89.0 Å². The molecule has 0 aromatic rings. The maximum absolute atomic E-state index is 11.7. The molecular formula is C9H15NO4S. The molecule has 2 heterocycles. The van der Waals surface area contributed by atoms with E-state index >= 15 is 0 Å². The van der Waals surface area contributed by atoms with Crippen molar-refractivity contribution in [1.29, 1.82) is 0 Å². The molecule has 0 aromatic carbocycles. The smallest absolute Gasteiger partial charge is 0.323 e. The van der Waals surface area contributed by atoms with Crippen molar-refractivity contribution in [1.82, 2.24) is 4.90 Å². The summed E-state index contributed by atoms with van der Waals surface area (Å²) in [7, 11) is -3.43. The largest absolute Gasteiger partial charge is 0.480 e. The molecule has 0 aromatic heterocycles. The van der Waals surface area contributed by atoms with E-state index in [1.807, 2.05) is 4.90 Å². The Morgan fingerprint density at radius 2 is 2.00 bits per heavy atom. The Morgan fingerprint density at radius 3 is 2.67 bits per heavy atom. The zero-order valence-corrected chi connectivity index (χ0v) is 9.24. The molecule has 2 unspecified atom stereocenters. The minimum absolute atomic E-state index is 0.0134. The van der Waals surface area contributed by atoms with E-state index in [9.17, 15) is 13.2 Å². The Kier molecular flexibility index (Phi) is 2.72. The van der Waals surface area contributed by atoms with Crippen LogP contribution in [-0.2, 0) is 14.6 Å². The van der Waals surface area contributed by atoms with Gasteiger partial charge in [-0.05, 0) is 19.4 Å². The van der Waals surface area contributed by atoms with Crippen molar-refractivity contribution < 1.29 is 18.3 Å². The molecule has 0 amide bonds. The van der Waals surface area contributed by atoms with Crippen LogP contribution in [0.2, 0.25) is 0 Å². The average molecular weight is 233 g/mol. The lowest BCUT2D eigenvalue weighted by Crippen LogP contribution is -2.59. The molecular weight excluding hydrogens is 218 g/mol. The highest BCUT2D eigenvalue weighted by Crippen LogP contribution is 2.27. The summed E-state index contributed by atoms with van der Waals surface area (Å²) in [5, 5.41) is 7.80. The topological polar surface area (TPSA) is 74.7 Å². The lowest BCUT2D eigenvalue weighted by Gasteiger charge is -2.42. The molecule has 0 saturated carbocycles. The highest BCUT2D eigenvalue weighted by molar-refractivity contribution is 7.92. The lowest BCUT2D eigenvalue weighted by molar-refractivity contribution is -0.138. The second-order valence-electron chi connectivity index (χ2n) is 4.22. The normalized spacial score (nSPS) is 35.7. The summed E-state index contributed by atoms with van der Waals surface area (Å²) in [4.78, 5) is 13.0. The van der Waals surface area contributed by atoms with Crippen molar-refractivity contribution in [2.24, 2.45) is 0 Å². The monoisotopic (exact) mass is 233 g/mol. The van der Waals surface area contributed by atoms with Gasteiger partial charge in [-0.25, -0.2) is 8.42 Å². The third-order valence-electron chi connectivity index (χ3n) is 3.31. The van der Waals surface area contributed by atoms with Crippen LogP contribution in [-0.4, -0.2) is 54.5 Å². The van der Waals surface area contributed by atoms with Crippen LogP contribution in [0.25, 0.3) is 0 Å². The maximum atomic E-state index is 11.7. The average Bonchev–Trinajstić information content (AvgIpc) is 2.15. The number of piperidine rings is 1. The number of carboxylic acid groups (broad SMARTS) is 1. The number of rotatable bonds is 1. The molecule has 2 aliphatic heterocycles. The summed E-state index contributed by atoms with van der Waals surface area (Å²) >= 11 is 0. The van der Waals surface area contributed by atoms with Crippen LogP contribution < -0.4 is 0 Å². The number of nitrogens with zero attached hydrogens (tertiary/aromatic N) is 1. The predicted molar refractivity (Wildman–Crippen MR) is 54.4 cm³/mol. The van der Waals surface area contributed by atoms with Gasteiger partial charge in [0, 0.05) is 12.6 Å². The van der Waals surface area contributed by atoms with Gasteiger partial charge in [0.05, 0.1) is 5.75 Å². The van der Waals surface area contributed by atoms with Crippen molar-refractivity contribution in [3.63, 3.8) is 0 Å². The molecule has 86 valence electrons. The highest BCUT2D eigenvalue weighted by atomic mass is 32.2. The number of sulfone groups is 1. The van der Waals surface area contributed by atoms with Crippen molar-refractivity contribution in [2.75, 3.05) is 18.8 Å². The number of aliphatic carboxylic acids is 1. The molecule has 2 fully saturated rings. The number of carbonyl (C=O) groups is 1. The molecule has 2 atom stereocenters. The quantitative estimate of drug-likeness (QED) is 0.674. The van der Waals surface area contributed by atoms with Gasteiger partial charge >= 0.3 is 5.97 Å². The van der Waals surface area contributed by atoms with E-state index < -0.39 is 21.1 Å². The number of carboxylic acids is 1. The predicted octanol–water partition coefficient (Wildman–Crippen LogP) is -0.277. The van der Waals surface area contributed by atoms with E-state index in [1.165, 1.54) is 0 Å². The van der Waals surface area contributed by atoms with E-state index in [0.29, 0.717) is 13.0 Å². The summed E-state index contributed by atoms with van der Waals surface area (Å²) in [6.45, 7) is 1.33. The van der Waals surface area contributed by atoms with Gasteiger partial charge in [0.1, 0.15) is 0 Å².